The van der Waals surface area contributed by atoms with Crippen LogP contribution in [0.1, 0.15) is 52.7 Å². The second-order valence-electron chi connectivity index (χ2n) is 11.9. The molecule has 0 fully saturated rings. The highest BCUT2D eigenvalue weighted by molar-refractivity contribution is 5.89. The Morgan fingerprint density at radius 3 is 1.70 bits per heavy atom. The van der Waals surface area contributed by atoms with Crippen LogP contribution in [-0.2, 0) is 9.59 Å². The molecule has 0 spiro atoms. The van der Waals surface area contributed by atoms with Gasteiger partial charge in [0.2, 0.25) is 0 Å². The van der Waals surface area contributed by atoms with Crippen molar-refractivity contribution in [2.24, 2.45) is 5.41 Å². The van der Waals surface area contributed by atoms with Gasteiger partial charge in [-0.1, -0.05) is 79.4 Å². The van der Waals surface area contributed by atoms with Gasteiger partial charge in [0.05, 0.1) is 11.7 Å². The molecule has 5 heteroatoms. The van der Waals surface area contributed by atoms with E-state index in [-0.39, 0.29) is 5.97 Å². The van der Waals surface area contributed by atoms with Gasteiger partial charge in [-0.05, 0) is 105 Å². The van der Waals surface area contributed by atoms with Crippen molar-refractivity contribution in [3.8, 4) is 39.5 Å². The van der Waals surface area contributed by atoms with Crippen LogP contribution < -0.4 is 14.2 Å². The fraction of sp³-hybridized carbons (Fsp3) is 0.179. The summed E-state index contributed by atoms with van der Waals surface area (Å²) in [5.41, 5.74) is 6.83. The Labute approximate surface area is 260 Å². The number of allylic oxidation sites excluding steroid dienone is 1. The summed E-state index contributed by atoms with van der Waals surface area (Å²) < 4.78 is 16.9. The summed E-state index contributed by atoms with van der Waals surface area (Å²) in [7, 11) is 0. The molecule has 0 N–H and O–H groups in total. The van der Waals surface area contributed by atoms with E-state index in [0.29, 0.717) is 22.8 Å². The van der Waals surface area contributed by atoms with E-state index in [9.17, 15) is 9.59 Å². The number of rotatable bonds is 9. The van der Waals surface area contributed by atoms with Crippen molar-refractivity contribution in [3.63, 3.8) is 0 Å². The average molecular weight is 587 g/mol. The first-order valence-corrected chi connectivity index (χ1v) is 14.4. The highest BCUT2D eigenvalue weighted by Gasteiger charge is 2.23. The molecule has 224 valence electrons. The quantitative estimate of drug-likeness (QED) is 0.0642. The summed E-state index contributed by atoms with van der Waals surface area (Å²) >= 11 is 0. The van der Waals surface area contributed by atoms with Crippen LogP contribution >= 0.6 is 0 Å². The van der Waals surface area contributed by atoms with E-state index in [1.165, 1.54) is 0 Å². The van der Waals surface area contributed by atoms with E-state index in [1.54, 1.807) is 25.3 Å². The molecule has 4 aromatic carbocycles. The van der Waals surface area contributed by atoms with Crippen molar-refractivity contribution in [1.29, 1.82) is 0 Å². The highest BCUT2D eigenvalue weighted by atomic mass is 16.5. The van der Waals surface area contributed by atoms with E-state index in [2.05, 4.69) is 36.9 Å². The Morgan fingerprint density at radius 1 is 0.659 bits per heavy atom. The Hall–Kier alpha value is -5.16. The molecule has 0 aliphatic heterocycles. The Morgan fingerprint density at radius 2 is 1.16 bits per heavy atom. The molecule has 44 heavy (non-hydrogen) atoms. The predicted octanol–water partition coefficient (Wildman–Crippen LogP) is 9.93. The molecule has 0 heterocycles. The monoisotopic (exact) mass is 586 g/mol. The van der Waals surface area contributed by atoms with Gasteiger partial charge in [0.15, 0.2) is 0 Å². The number of ether oxygens (including phenoxy) is 3. The van der Waals surface area contributed by atoms with Crippen molar-refractivity contribution < 1.29 is 23.8 Å². The maximum atomic E-state index is 12.2. The Bertz CT molecular complexity index is 1690. The lowest BCUT2D eigenvalue weighted by atomic mass is 9.97. The topological polar surface area (TPSA) is 61.8 Å². The fourth-order valence-corrected chi connectivity index (χ4v) is 4.01. The molecule has 0 amide bonds. The lowest BCUT2D eigenvalue weighted by Gasteiger charge is -2.16. The maximum absolute atomic E-state index is 12.2. The van der Waals surface area contributed by atoms with Gasteiger partial charge in [-0.25, -0.2) is 4.79 Å². The standard InChI is InChI=1S/C39H38O5/c1-26(2)25-42-36-24-29(12-23-35(36)32-17-21-33(22-18-32)43-37(40)27(3)4)9-8-28-10-13-30(14-11-28)31-15-19-34(20-16-31)44-38(41)39(5,6)7/h8-25H,3H2,1-2,4-7H3/b9-8+. The van der Waals surface area contributed by atoms with Gasteiger partial charge < -0.3 is 14.2 Å². The van der Waals surface area contributed by atoms with Gasteiger partial charge in [-0.2, -0.15) is 0 Å². The number of benzene rings is 4. The van der Waals surface area contributed by atoms with Crippen LogP contribution in [0, 0.1) is 5.41 Å². The van der Waals surface area contributed by atoms with Gasteiger partial charge in [0.25, 0.3) is 0 Å². The minimum atomic E-state index is -0.555. The number of carbonyl (C=O) groups excluding carboxylic acids is 2. The molecule has 0 aliphatic carbocycles. The van der Waals surface area contributed by atoms with Gasteiger partial charge in [-0.15, -0.1) is 0 Å². The molecule has 0 saturated carbocycles. The maximum Gasteiger partial charge on any atom is 0.338 e. The predicted molar refractivity (Wildman–Crippen MR) is 178 cm³/mol. The van der Waals surface area contributed by atoms with Crippen molar-refractivity contribution >= 4 is 24.1 Å². The third kappa shape index (κ3) is 8.68. The molecule has 0 aromatic heterocycles. The molecule has 0 bridgehead atoms. The lowest BCUT2D eigenvalue weighted by molar-refractivity contribution is -0.143. The van der Waals surface area contributed by atoms with Crippen molar-refractivity contribution in [3.05, 3.63) is 126 Å². The van der Waals surface area contributed by atoms with Crippen molar-refractivity contribution in [1.82, 2.24) is 0 Å². The van der Waals surface area contributed by atoms with Gasteiger partial charge in [0, 0.05) is 11.1 Å². The Kier molecular flexibility index (Phi) is 10.0. The van der Waals surface area contributed by atoms with Gasteiger partial charge in [0.1, 0.15) is 17.2 Å². The van der Waals surface area contributed by atoms with E-state index in [4.69, 9.17) is 14.2 Å². The zero-order valence-corrected chi connectivity index (χ0v) is 26.1. The van der Waals surface area contributed by atoms with Crippen molar-refractivity contribution in [2.45, 2.75) is 41.5 Å². The zero-order valence-electron chi connectivity index (χ0n) is 26.1. The molecule has 0 unspecified atom stereocenters. The molecule has 0 radical (unpaired) electrons. The fourth-order valence-electron chi connectivity index (χ4n) is 4.01. The molecule has 0 saturated heterocycles. The second kappa shape index (κ2) is 13.9. The smallest absolute Gasteiger partial charge is 0.338 e. The van der Waals surface area contributed by atoms with Crippen LogP contribution in [0.4, 0.5) is 0 Å². The zero-order chi connectivity index (χ0) is 31.9. The molecule has 4 aromatic rings. The molecule has 5 nitrogen and oxygen atoms in total. The van der Waals surface area contributed by atoms with Crippen LogP contribution in [0.3, 0.4) is 0 Å². The summed E-state index contributed by atoms with van der Waals surface area (Å²) in [6.45, 7) is 14.7. The van der Waals surface area contributed by atoms with E-state index >= 15 is 0 Å². The van der Waals surface area contributed by atoms with Crippen LogP contribution in [0.5, 0.6) is 17.2 Å². The van der Waals surface area contributed by atoms with Crippen LogP contribution in [0.25, 0.3) is 34.4 Å². The third-order valence-corrected chi connectivity index (χ3v) is 6.54. The highest BCUT2D eigenvalue weighted by Crippen LogP contribution is 2.33. The average Bonchev–Trinajstić information content (AvgIpc) is 2.99. The number of carbonyl (C=O) groups is 2. The first kappa shape index (κ1) is 31.8. The SMILES string of the molecule is C=C(C)C(=O)Oc1ccc(-c2ccc(/C=C/c3ccc(-c4ccc(OC(=O)C(C)(C)C)cc4)cc3)cc2OC=C(C)C)cc1. The largest absolute Gasteiger partial charge is 0.464 e. The van der Waals surface area contributed by atoms with Crippen LogP contribution in [0.15, 0.2) is 115 Å². The Balaban J connectivity index is 1.49. The van der Waals surface area contributed by atoms with Crippen molar-refractivity contribution in [2.75, 3.05) is 0 Å². The normalized spacial score (nSPS) is 11.1. The number of esters is 2. The summed E-state index contributed by atoms with van der Waals surface area (Å²) in [6.07, 6.45) is 5.84. The number of hydrogen-bond donors (Lipinski definition) is 0. The summed E-state index contributed by atoms with van der Waals surface area (Å²) in [5, 5.41) is 0. The molecule has 0 atom stereocenters. The summed E-state index contributed by atoms with van der Waals surface area (Å²) in [6, 6.07) is 29.2. The lowest BCUT2D eigenvalue weighted by Crippen LogP contribution is -2.25. The minimum Gasteiger partial charge on any atom is -0.464 e. The second-order valence-corrected chi connectivity index (χ2v) is 11.9. The van der Waals surface area contributed by atoms with Crippen LogP contribution in [0.2, 0.25) is 0 Å². The third-order valence-electron chi connectivity index (χ3n) is 6.54. The first-order chi connectivity index (χ1) is 20.9. The van der Waals surface area contributed by atoms with E-state index in [0.717, 1.165) is 39.0 Å². The summed E-state index contributed by atoms with van der Waals surface area (Å²) in [4.78, 5) is 24.0. The van der Waals surface area contributed by atoms with Gasteiger partial charge in [-0.3, -0.25) is 4.79 Å². The van der Waals surface area contributed by atoms with E-state index < -0.39 is 11.4 Å². The molecular formula is C39H38O5. The van der Waals surface area contributed by atoms with E-state index in [1.807, 2.05) is 95.3 Å². The number of hydrogen-bond acceptors (Lipinski definition) is 5. The van der Waals surface area contributed by atoms with Gasteiger partial charge >= 0.3 is 11.9 Å². The molecule has 0 aliphatic rings. The van der Waals surface area contributed by atoms with Crippen LogP contribution in [-0.4, -0.2) is 11.9 Å². The molecule has 4 rings (SSSR count). The summed E-state index contributed by atoms with van der Waals surface area (Å²) in [5.74, 6) is 0.993. The first-order valence-electron chi connectivity index (χ1n) is 14.4. The molecular weight excluding hydrogens is 548 g/mol. The minimum absolute atomic E-state index is 0.260.